The molecular weight excluding hydrogens is 285 g/mol. The Bertz CT molecular complexity index is 625. The Hall–Kier alpha value is -1.38. The number of nitrogens with one attached hydrogen (secondary N) is 1. The summed E-state index contributed by atoms with van der Waals surface area (Å²) in [4.78, 5) is 0. The third-order valence-corrected chi connectivity index (χ3v) is 3.95. The van der Waals surface area contributed by atoms with Crippen molar-refractivity contribution in [2.75, 3.05) is 6.54 Å². The van der Waals surface area contributed by atoms with Gasteiger partial charge in [0.05, 0.1) is 6.04 Å². The Labute approximate surface area is 131 Å². The zero-order chi connectivity index (χ0) is 15.4. The summed E-state index contributed by atoms with van der Waals surface area (Å²) in [5, 5.41) is 3.99. The highest BCUT2D eigenvalue weighted by atomic mass is 35.5. The van der Waals surface area contributed by atoms with Gasteiger partial charge < -0.3 is 5.32 Å². The molecule has 0 aliphatic carbocycles. The molecule has 0 aromatic heterocycles. The van der Waals surface area contributed by atoms with Crippen molar-refractivity contribution in [1.82, 2.24) is 5.32 Å². The molecule has 21 heavy (non-hydrogen) atoms. The van der Waals surface area contributed by atoms with Gasteiger partial charge in [-0.25, -0.2) is 4.39 Å². The molecule has 0 heterocycles. The summed E-state index contributed by atoms with van der Waals surface area (Å²) in [6, 6.07) is 11.0. The first kappa shape index (κ1) is 16.0. The third kappa shape index (κ3) is 3.84. The van der Waals surface area contributed by atoms with Crippen LogP contribution in [0.25, 0.3) is 0 Å². The number of aryl methyl sites for hydroxylation is 2. The van der Waals surface area contributed by atoms with Crippen LogP contribution in [0.2, 0.25) is 5.02 Å². The van der Waals surface area contributed by atoms with Crippen LogP contribution in [-0.4, -0.2) is 6.54 Å². The molecule has 112 valence electrons. The van der Waals surface area contributed by atoms with Crippen molar-refractivity contribution < 1.29 is 4.39 Å². The van der Waals surface area contributed by atoms with E-state index in [1.54, 1.807) is 6.07 Å². The summed E-state index contributed by atoms with van der Waals surface area (Å²) in [7, 11) is 0. The Morgan fingerprint density at radius 1 is 1.10 bits per heavy atom. The summed E-state index contributed by atoms with van der Waals surface area (Å²) in [5.41, 5.74) is 4.52. The first-order chi connectivity index (χ1) is 10.0. The average molecular weight is 306 g/mol. The lowest BCUT2D eigenvalue weighted by Crippen LogP contribution is -2.24. The van der Waals surface area contributed by atoms with Crippen LogP contribution in [0.1, 0.15) is 41.6 Å². The maximum absolute atomic E-state index is 13.3. The zero-order valence-electron chi connectivity index (χ0n) is 12.7. The van der Waals surface area contributed by atoms with Crippen LogP contribution in [0.5, 0.6) is 0 Å². The molecule has 1 unspecified atom stereocenters. The van der Waals surface area contributed by atoms with Crippen LogP contribution >= 0.6 is 11.6 Å². The second-order valence-corrected chi connectivity index (χ2v) is 5.82. The fourth-order valence-corrected chi connectivity index (χ4v) is 2.76. The van der Waals surface area contributed by atoms with Crippen molar-refractivity contribution in [3.63, 3.8) is 0 Å². The normalized spacial score (nSPS) is 12.4. The maximum Gasteiger partial charge on any atom is 0.124 e. The van der Waals surface area contributed by atoms with Gasteiger partial charge in [0, 0.05) is 5.02 Å². The van der Waals surface area contributed by atoms with Gasteiger partial charge >= 0.3 is 0 Å². The summed E-state index contributed by atoms with van der Waals surface area (Å²) >= 11 is 6.27. The molecule has 0 aliphatic rings. The molecule has 0 saturated heterocycles. The Morgan fingerprint density at radius 2 is 1.86 bits per heavy atom. The SMILES string of the molecule is CCCNC(c1cc(C)ccc1C)c1ccc(F)cc1Cl. The molecule has 0 amide bonds. The molecular formula is C18H21ClFN. The first-order valence-corrected chi connectivity index (χ1v) is 7.66. The topological polar surface area (TPSA) is 12.0 Å². The van der Waals surface area contributed by atoms with Crippen LogP contribution in [-0.2, 0) is 0 Å². The molecule has 1 nitrogen and oxygen atoms in total. The van der Waals surface area contributed by atoms with Crippen molar-refractivity contribution in [1.29, 1.82) is 0 Å². The Balaban J connectivity index is 2.49. The van der Waals surface area contributed by atoms with Crippen LogP contribution in [0.4, 0.5) is 4.39 Å². The standard InChI is InChI=1S/C18H21ClFN/c1-4-9-21-18(15-8-7-14(20)11-17(15)19)16-10-12(2)5-6-13(16)3/h5-8,10-11,18,21H,4,9H2,1-3H3. The smallest absolute Gasteiger partial charge is 0.124 e. The monoisotopic (exact) mass is 305 g/mol. The molecule has 1 atom stereocenters. The number of hydrogen-bond acceptors (Lipinski definition) is 1. The van der Waals surface area contributed by atoms with E-state index in [2.05, 4.69) is 44.3 Å². The molecule has 2 aromatic carbocycles. The van der Waals surface area contributed by atoms with E-state index in [0.717, 1.165) is 18.5 Å². The van der Waals surface area contributed by atoms with Crippen molar-refractivity contribution in [3.8, 4) is 0 Å². The Morgan fingerprint density at radius 3 is 2.52 bits per heavy atom. The third-order valence-electron chi connectivity index (χ3n) is 3.62. The van der Waals surface area contributed by atoms with Gasteiger partial charge in [0.15, 0.2) is 0 Å². The van der Waals surface area contributed by atoms with Gasteiger partial charge in [0.2, 0.25) is 0 Å². The van der Waals surface area contributed by atoms with E-state index in [9.17, 15) is 4.39 Å². The molecule has 0 aliphatic heterocycles. The number of rotatable bonds is 5. The minimum atomic E-state index is -0.307. The lowest BCUT2D eigenvalue weighted by Gasteiger charge is -2.23. The van der Waals surface area contributed by atoms with Gasteiger partial charge in [-0.15, -0.1) is 0 Å². The molecule has 0 bridgehead atoms. The number of benzene rings is 2. The van der Waals surface area contributed by atoms with Gasteiger partial charge in [-0.1, -0.05) is 48.4 Å². The quantitative estimate of drug-likeness (QED) is 0.802. The van der Waals surface area contributed by atoms with Gasteiger partial charge in [0.25, 0.3) is 0 Å². The van der Waals surface area contributed by atoms with Crippen LogP contribution in [0, 0.1) is 19.7 Å². The van der Waals surface area contributed by atoms with E-state index in [1.165, 1.54) is 28.8 Å². The van der Waals surface area contributed by atoms with Gasteiger partial charge in [0.1, 0.15) is 5.82 Å². The van der Waals surface area contributed by atoms with Crippen LogP contribution in [0.15, 0.2) is 36.4 Å². The number of halogens is 2. The highest BCUT2D eigenvalue weighted by Gasteiger charge is 2.18. The summed E-state index contributed by atoms with van der Waals surface area (Å²) < 4.78 is 13.3. The van der Waals surface area contributed by atoms with Crippen molar-refractivity contribution >= 4 is 11.6 Å². The Kier molecular flexibility index (Phi) is 5.38. The fraction of sp³-hybridized carbons (Fsp3) is 0.333. The summed E-state index contributed by atoms with van der Waals surface area (Å²) in [6.45, 7) is 7.17. The van der Waals surface area contributed by atoms with Crippen molar-refractivity contribution in [3.05, 3.63) is 69.5 Å². The lowest BCUT2D eigenvalue weighted by molar-refractivity contribution is 0.591. The van der Waals surface area contributed by atoms with Gasteiger partial charge in [-0.05, 0) is 55.6 Å². The predicted molar refractivity (Wildman–Crippen MR) is 87.5 cm³/mol. The van der Waals surface area contributed by atoms with Crippen molar-refractivity contribution in [2.45, 2.75) is 33.2 Å². The van der Waals surface area contributed by atoms with Gasteiger partial charge in [-0.2, -0.15) is 0 Å². The second-order valence-electron chi connectivity index (χ2n) is 5.41. The van der Waals surface area contributed by atoms with E-state index < -0.39 is 0 Å². The summed E-state index contributed by atoms with van der Waals surface area (Å²) in [5.74, 6) is -0.307. The minimum absolute atomic E-state index is 0.0158. The van der Waals surface area contributed by atoms with E-state index in [4.69, 9.17) is 11.6 Å². The highest BCUT2D eigenvalue weighted by molar-refractivity contribution is 6.31. The first-order valence-electron chi connectivity index (χ1n) is 7.28. The van der Waals surface area contributed by atoms with E-state index in [0.29, 0.717) is 5.02 Å². The van der Waals surface area contributed by atoms with Crippen molar-refractivity contribution in [2.24, 2.45) is 0 Å². The molecule has 1 N–H and O–H groups in total. The lowest BCUT2D eigenvalue weighted by atomic mass is 9.93. The fourth-order valence-electron chi connectivity index (χ4n) is 2.48. The molecule has 0 saturated carbocycles. The molecule has 2 aromatic rings. The molecule has 0 radical (unpaired) electrons. The maximum atomic E-state index is 13.3. The summed E-state index contributed by atoms with van der Waals surface area (Å²) in [6.07, 6.45) is 1.03. The largest absolute Gasteiger partial charge is 0.306 e. The molecule has 0 fully saturated rings. The number of hydrogen-bond donors (Lipinski definition) is 1. The van der Waals surface area contributed by atoms with Crippen LogP contribution < -0.4 is 5.32 Å². The molecule has 3 heteroatoms. The predicted octanol–water partition coefficient (Wildman–Crippen LogP) is 5.18. The zero-order valence-corrected chi connectivity index (χ0v) is 13.5. The van der Waals surface area contributed by atoms with Crippen LogP contribution in [0.3, 0.4) is 0 Å². The van der Waals surface area contributed by atoms with E-state index in [1.807, 2.05) is 0 Å². The van der Waals surface area contributed by atoms with Gasteiger partial charge in [-0.3, -0.25) is 0 Å². The second kappa shape index (κ2) is 7.06. The molecule has 2 rings (SSSR count). The minimum Gasteiger partial charge on any atom is -0.306 e. The average Bonchev–Trinajstić information content (AvgIpc) is 2.44. The molecule has 0 spiro atoms. The van der Waals surface area contributed by atoms with E-state index in [-0.39, 0.29) is 11.9 Å². The van der Waals surface area contributed by atoms with E-state index >= 15 is 0 Å². The highest BCUT2D eigenvalue weighted by Crippen LogP contribution is 2.31.